The molecule has 1 aromatic heterocycles. The summed E-state index contributed by atoms with van der Waals surface area (Å²) in [6.45, 7) is 3.41. The predicted octanol–water partition coefficient (Wildman–Crippen LogP) is 2.72. The molecular weight excluding hydrogens is 314 g/mol. The summed E-state index contributed by atoms with van der Waals surface area (Å²) in [4.78, 5) is 20.8. The van der Waals surface area contributed by atoms with E-state index in [4.69, 9.17) is 16.9 Å². The highest BCUT2D eigenvalue weighted by atomic mass is 35.5. The van der Waals surface area contributed by atoms with Gasteiger partial charge in [0.2, 0.25) is 0 Å². The topological polar surface area (TPSA) is 86.9 Å². The summed E-state index contributed by atoms with van der Waals surface area (Å²) in [7, 11) is 0. The highest BCUT2D eigenvalue weighted by Crippen LogP contribution is 2.45. The van der Waals surface area contributed by atoms with E-state index in [0.717, 1.165) is 0 Å². The van der Waals surface area contributed by atoms with Crippen LogP contribution in [-0.2, 0) is 0 Å². The van der Waals surface area contributed by atoms with Crippen LogP contribution in [0.3, 0.4) is 0 Å². The van der Waals surface area contributed by atoms with E-state index in [1.165, 1.54) is 6.33 Å². The van der Waals surface area contributed by atoms with Gasteiger partial charge in [0.15, 0.2) is 5.78 Å². The zero-order chi connectivity index (χ0) is 16.8. The summed E-state index contributed by atoms with van der Waals surface area (Å²) >= 11 is 5.95. The standard InChI is InChI=1S/C17H14ClN3O2/c1-17(2)15(22)10-4-3-9(7-19)5-11(10)14(16(17)23)12-6-13(18)21-8-20-12/h3-6,8,14,16,23H,1-2H3/t14-,16-/m1/s1. The average molecular weight is 328 g/mol. The van der Waals surface area contributed by atoms with Crippen LogP contribution in [0.5, 0.6) is 0 Å². The molecule has 1 heterocycles. The monoisotopic (exact) mass is 327 g/mol. The lowest BCUT2D eigenvalue weighted by molar-refractivity contribution is 0.0259. The lowest BCUT2D eigenvalue weighted by atomic mass is 9.65. The van der Waals surface area contributed by atoms with Crippen LogP contribution in [0.1, 0.15) is 46.9 Å². The number of nitrogens with zero attached hydrogens (tertiary/aromatic N) is 3. The quantitative estimate of drug-likeness (QED) is 0.814. The number of rotatable bonds is 1. The van der Waals surface area contributed by atoms with E-state index in [2.05, 4.69) is 16.0 Å². The molecule has 2 atom stereocenters. The molecule has 1 N–H and O–H groups in total. The van der Waals surface area contributed by atoms with Gasteiger partial charge in [-0.15, -0.1) is 0 Å². The lowest BCUT2D eigenvalue weighted by Crippen LogP contribution is -2.46. The summed E-state index contributed by atoms with van der Waals surface area (Å²) in [5, 5.41) is 20.2. The second-order valence-corrected chi connectivity index (χ2v) is 6.54. The highest BCUT2D eigenvalue weighted by Gasteiger charge is 2.48. The third-order valence-electron chi connectivity index (χ3n) is 4.37. The minimum absolute atomic E-state index is 0.152. The molecule has 0 fully saturated rings. The molecule has 0 amide bonds. The fourth-order valence-corrected chi connectivity index (χ4v) is 3.16. The Hall–Kier alpha value is -2.29. The van der Waals surface area contributed by atoms with Gasteiger partial charge in [-0.25, -0.2) is 9.97 Å². The molecular formula is C17H14ClN3O2. The van der Waals surface area contributed by atoms with Crippen LogP contribution in [0.15, 0.2) is 30.6 Å². The summed E-state index contributed by atoms with van der Waals surface area (Å²) in [5.41, 5.74) is 1.07. The molecule has 0 spiro atoms. The molecule has 0 unspecified atom stereocenters. The molecule has 1 aliphatic carbocycles. The summed E-state index contributed by atoms with van der Waals surface area (Å²) in [6.07, 6.45) is 0.337. The number of aliphatic hydroxyl groups is 1. The van der Waals surface area contributed by atoms with Crippen molar-refractivity contribution >= 4 is 17.4 Å². The zero-order valence-corrected chi connectivity index (χ0v) is 13.4. The van der Waals surface area contributed by atoms with Gasteiger partial charge >= 0.3 is 0 Å². The second kappa shape index (κ2) is 5.41. The minimum atomic E-state index is -0.984. The average Bonchev–Trinajstić information content (AvgIpc) is 2.53. The number of aromatic nitrogens is 2. The van der Waals surface area contributed by atoms with Crippen molar-refractivity contribution in [1.29, 1.82) is 5.26 Å². The lowest BCUT2D eigenvalue weighted by Gasteiger charge is -2.40. The van der Waals surface area contributed by atoms with Gasteiger partial charge in [0.05, 0.1) is 34.8 Å². The molecule has 23 heavy (non-hydrogen) atoms. The van der Waals surface area contributed by atoms with Crippen LogP contribution < -0.4 is 0 Å². The van der Waals surface area contributed by atoms with Crippen molar-refractivity contribution in [2.45, 2.75) is 25.9 Å². The first-order chi connectivity index (χ1) is 10.9. The molecule has 0 bridgehead atoms. The molecule has 1 aromatic carbocycles. The molecule has 5 nitrogen and oxygen atoms in total. The van der Waals surface area contributed by atoms with Crippen molar-refractivity contribution < 1.29 is 9.90 Å². The molecule has 116 valence electrons. The van der Waals surface area contributed by atoms with Gasteiger partial charge < -0.3 is 5.11 Å². The van der Waals surface area contributed by atoms with Crippen molar-refractivity contribution in [2.75, 3.05) is 0 Å². The Labute approximate surface area is 138 Å². The van der Waals surface area contributed by atoms with Gasteiger partial charge in [-0.1, -0.05) is 25.4 Å². The van der Waals surface area contributed by atoms with Crippen molar-refractivity contribution in [2.24, 2.45) is 5.41 Å². The molecule has 6 heteroatoms. The predicted molar refractivity (Wildman–Crippen MR) is 84.2 cm³/mol. The first-order valence-electron chi connectivity index (χ1n) is 7.10. The Kier molecular flexibility index (Phi) is 3.67. The van der Waals surface area contributed by atoms with Gasteiger partial charge in [0.25, 0.3) is 0 Å². The number of carbonyl (C=O) groups excluding carboxylic acids is 1. The highest BCUT2D eigenvalue weighted by molar-refractivity contribution is 6.29. The number of aliphatic hydroxyl groups excluding tert-OH is 1. The maximum Gasteiger partial charge on any atom is 0.171 e. The van der Waals surface area contributed by atoms with E-state index in [1.54, 1.807) is 38.1 Å². The third kappa shape index (κ3) is 2.40. The Bertz CT molecular complexity index is 842. The van der Waals surface area contributed by atoms with E-state index in [0.29, 0.717) is 22.4 Å². The van der Waals surface area contributed by atoms with Crippen molar-refractivity contribution in [3.05, 3.63) is 58.1 Å². The van der Waals surface area contributed by atoms with Gasteiger partial charge in [-0.2, -0.15) is 5.26 Å². The van der Waals surface area contributed by atoms with Gasteiger partial charge in [-0.3, -0.25) is 4.79 Å². The number of nitriles is 1. The molecule has 2 aromatic rings. The SMILES string of the molecule is CC1(C)C(=O)c2ccc(C#N)cc2[C@H](c2cc(Cl)ncn2)[C@H]1O. The maximum absolute atomic E-state index is 12.7. The van der Waals surface area contributed by atoms with Crippen molar-refractivity contribution in [3.63, 3.8) is 0 Å². The molecule has 0 saturated heterocycles. The first kappa shape index (κ1) is 15.6. The molecule has 0 radical (unpaired) electrons. The molecule has 3 rings (SSSR count). The molecule has 0 aliphatic heterocycles. The number of carbonyl (C=O) groups is 1. The van der Waals surface area contributed by atoms with E-state index in [1.807, 2.05) is 0 Å². The number of halogens is 1. The number of benzene rings is 1. The summed E-state index contributed by atoms with van der Waals surface area (Å²) in [6, 6.07) is 8.51. The Morgan fingerprint density at radius 2 is 2.04 bits per heavy atom. The van der Waals surface area contributed by atoms with E-state index >= 15 is 0 Å². The second-order valence-electron chi connectivity index (χ2n) is 6.15. The zero-order valence-electron chi connectivity index (χ0n) is 12.6. The van der Waals surface area contributed by atoms with E-state index < -0.39 is 17.4 Å². The first-order valence-corrected chi connectivity index (χ1v) is 7.48. The molecule has 1 aliphatic rings. The van der Waals surface area contributed by atoms with Crippen LogP contribution >= 0.6 is 11.6 Å². The number of ketones is 1. The van der Waals surface area contributed by atoms with Crippen molar-refractivity contribution in [3.8, 4) is 6.07 Å². The van der Waals surface area contributed by atoms with Crippen LogP contribution in [0, 0.1) is 16.7 Å². The van der Waals surface area contributed by atoms with Crippen LogP contribution in [0.4, 0.5) is 0 Å². The maximum atomic E-state index is 12.7. The number of Topliss-reactive ketones (excluding diaryl/α,β-unsaturated/α-hetero) is 1. The van der Waals surface area contributed by atoms with E-state index in [9.17, 15) is 9.90 Å². The normalized spacial score (nSPS) is 22.3. The number of hydrogen-bond acceptors (Lipinski definition) is 5. The van der Waals surface area contributed by atoms with Gasteiger partial charge in [-0.05, 0) is 29.8 Å². The number of fused-ring (bicyclic) bond motifs is 1. The van der Waals surface area contributed by atoms with Gasteiger partial charge in [0.1, 0.15) is 11.5 Å². The Morgan fingerprint density at radius 3 is 2.70 bits per heavy atom. The Morgan fingerprint density at radius 1 is 1.30 bits per heavy atom. The third-order valence-corrected chi connectivity index (χ3v) is 4.58. The van der Waals surface area contributed by atoms with E-state index in [-0.39, 0.29) is 10.9 Å². The minimum Gasteiger partial charge on any atom is -0.391 e. The summed E-state index contributed by atoms with van der Waals surface area (Å²) < 4.78 is 0. The van der Waals surface area contributed by atoms with Crippen LogP contribution in [-0.4, -0.2) is 27.0 Å². The van der Waals surface area contributed by atoms with Crippen molar-refractivity contribution in [1.82, 2.24) is 9.97 Å². The fourth-order valence-electron chi connectivity index (χ4n) is 3.00. The smallest absolute Gasteiger partial charge is 0.171 e. The van der Waals surface area contributed by atoms with Crippen LogP contribution in [0.2, 0.25) is 5.15 Å². The fraction of sp³-hybridized carbons (Fsp3) is 0.294. The number of hydrogen-bond donors (Lipinski definition) is 1. The summed E-state index contributed by atoms with van der Waals surface area (Å²) in [5.74, 6) is -0.701. The Balaban J connectivity index is 2.28. The van der Waals surface area contributed by atoms with Gasteiger partial charge in [0, 0.05) is 5.56 Å². The molecule has 0 saturated carbocycles. The van der Waals surface area contributed by atoms with Crippen LogP contribution in [0.25, 0.3) is 0 Å². The largest absolute Gasteiger partial charge is 0.391 e.